The number of aryl methyl sites for hydroxylation is 2. The highest BCUT2D eigenvalue weighted by atomic mass is 32.2. The molecule has 4 nitrogen and oxygen atoms in total. The standard InChI is InChI=1S/C21H15N3OS3/c25-20(23-16-7-3-4-8-17(16)28-21-24-22-12-26-21)18-11-14-10-9-13-5-1-2-6-15(13)19(14)27-18/h1-8,11-12H,9-10H2,(H,23,25). The minimum Gasteiger partial charge on any atom is -0.320 e. The Bertz CT molecular complexity index is 1150. The minimum atomic E-state index is -0.0674. The third kappa shape index (κ3) is 3.37. The topological polar surface area (TPSA) is 54.9 Å². The van der Waals surface area contributed by atoms with Crippen LogP contribution < -0.4 is 5.32 Å². The van der Waals surface area contributed by atoms with Crippen molar-refractivity contribution in [2.45, 2.75) is 22.1 Å². The third-order valence-corrected chi connectivity index (χ3v) is 7.69. The molecule has 0 unspecified atom stereocenters. The van der Waals surface area contributed by atoms with Crippen LogP contribution in [-0.2, 0) is 12.8 Å². The van der Waals surface area contributed by atoms with Crippen LogP contribution in [0.25, 0.3) is 10.4 Å². The average Bonchev–Trinajstić information content (AvgIpc) is 3.39. The predicted molar refractivity (Wildman–Crippen MR) is 116 cm³/mol. The van der Waals surface area contributed by atoms with E-state index in [0.717, 1.165) is 32.6 Å². The van der Waals surface area contributed by atoms with E-state index in [9.17, 15) is 4.79 Å². The van der Waals surface area contributed by atoms with Gasteiger partial charge in [-0.3, -0.25) is 4.79 Å². The van der Waals surface area contributed by atoms with Gasteiger partial charge >= 0.3 is 0 Å². The minimum absolute atomic E-state index is 0.0674. The van der Waals surface area contributed by atoms with Gasteiger partial charge < -0.3 is 5.32 Å². The molecule has 5 rings (SSSR count). The Balaban J connectivity index is 1.41. The number of nitrogens with one attached hydrogen (secondary N) is 1. The fourth-order valence-corrected chi connectivity index (χ4v) is 6.02. The summed E-state index contributed by atoms with van der Waals surface area (Å²) in [5.41, 5.74) is 6.39. The molecule has 2 heterocycles. The second-order valence-corrected chi connectivity index (χ2v) is 9.55. The van der Waals surface area contributed by atoms with E-state index in [2.05, 4.69) is 39.8 Å². The largest absolute Gasteiger partial charge is 0.320 e. The molecule has 2 aromatic heterocycles. The Hall–Kier alpha value is -2.48. The van der Waals surface area contributed by atoms with Crippen molar-refractivity contribution in [2.24, 2.45) is 0 Å². The molecular weight excluding hydrogens is 406 g/mol. The lowest BCUT2D eigenvalue weighted by Crippen LogP contribution is -2.10. The zero-order valence-corrected chi connectivity index (χ0v) is 17.2. The van der Waals surface area contributed by atoms with Gasteiger partial charge in [-0.1, -0.05) is 59.5 Å². The first kappa shape index (κ1) is 17.6. The molecule has 0 radical (unpaired) electrons. The Morgan fingerprint density at radius 2 is 1.86 bits per heavy atom. The highest BCUT2D eigenvalue weighted by molar-refractivity contribution is 8.01. The summed E-state index contributed by atoms with van der Waals surface area (Å²) in [6, 6.07) is 18.3. The first-order valence-electron chi connectivity index (χ1n) is 8.83. The van der Waals surface area contributed by atoms with Crippen LogP contribution in [0.3, 0.4) is 0 Å². The van der Waals surface area contributed by atoms with Gasteiger partial charge in [-0.15, -0.1) is 21.5 Å². The maximum atomic E-state index is 13.0. The number of fused-ring (bicyclic) bond motifs is 3. The lowest BCUT2D eigenvalue weighted by atomic mass is 9.91. The number of rotatable bonds is 4. The van der Waals surface area contributed by atoms with Crippen LogP contribution in [0.5, 0.6) is 0 Å². The number of thiophene rings is 1. The summed E-state index contributed by atoms with van der Waals surface area (Å²) in [7, 11) is 0. The summed E-state index contributed by atoms with van der Waals surface area (Å²) in [6.45, 7) is 0. The molecule has 1 aliphatic carbocycles. The summed E-state index contributed by atoms with van der Waals surface area (Å²) in [5.74, 6) is -0.0674. The summed E-state index contributed by atoms with van der Waals surface area (Å²) in [5, 5.41) is 11.0. The molecule has 0 saturated heterocycles. The Kier molecular flexibility index (Phi) is 4.72. The Morgan fingerprint density at radius 1 is 1.04 bits per heavy atom. The number of benzene rings is 2. The van der Waals surface area contributed by atoms with E-state index >= 15 is 0 Å². The second kappa shape index (κ2) is 7.50. The van der Waals surface area contributed by atoms with E-state index in [4.69, 9.17) is 0 Å². The Morgan fingerprint density at radius 3 is 2.75 bits per heavy atom. The normalized spacial score (nSPS) is 12.3. The molecule has 0 atom stereocenters. The molecule has 7 heteroatoms. The molecule has 4 aromatic rings. The van der Waals surface area contributed by atoms with Gasteiger partial charge in [0.15, 0.2) is 4.34 Å². The number of carbonyl (C=O) groups excluding carboxylic acids is 1. The van der Waals surface area contributed by atoms with Crippen LogP contribution in [0.2, 0.25) is 0 Å². The van der Waals surface area contributed by atoms with Crippen LogP contribution in [0.4, 0.5) is 5.69 Å². The summed E-state index contributed by atoms with van der Waals surface area (Å²) in [4.78, 5) is 15.9. The van der Waals surface area contributed by atoms with E-state index in [1.54, 1.807) is 16.8 Å². The average molecular weight is 422 g/mol. The molecule has 0 aliphatic heterocycles. The molecule has 0 saturated carbocycles. The number of hydrogen-bond acceptors (Lipinski definition) is 6. The van der Waals surface area contributed by atoms with Crippen molar-refractivity contribution in [2.75, 3.05) is 5.32 Å². The van der Waals surface area contributed by atoms with Crippen molar-refractivity contribution in [3.8, 4) is 10.4 Å². The molecule has 1 amide bonds. The molecule has 1 N–H and O–H groups in total. The van der Waals surface area contributed by atoms with Gasteiger partial charge in [0.05, 0.1) is 10.6 Å². The predicted octanol–water partition coefficient (Wildman–Crippen LogP) is 5.77. The van der Waals surface area contributed by atoms with Crippen LogP contribution in [0, 0.1) is 0 Å². The number of anilines is 1. The number of para-hydroxylation sites is 1. The molecule has 2 aromatic carbocycles. The van der Waals surface area contributed by atoms with Gasteiger partial charge in [0.1, 0.15) is 5.51 Å². The zero-order chi connectivity index (χ0) is 18.9. The first-order chi connectivity index (χ1) is 13.8. The molecule has 0 fully saturated rings. The molecule has 28 heavy (non-hydrogen) atoms. The lowest BCUT2D eigenvalue weighted by Gasteiger charge is -2.15. The van der Waals surface area contributed by atoms with Crippen molar-refractivity contribution in [3.05, 3.63) is 76.1 Å². The summed E-state index contributed by atoms with van der Waals surface area (Å²) < 4.78 is 0.852. The van der Waals surface area contributed by atoms with Crippen molar-refractivity contribution in [1.82, 2.24) is 10.2 Å². The maximum Gasteiger partial charge on any atom is 0.265 e. The van der Waals surface area contributed by atoms with E-state index in [-0.39, 0.29) is 5.91 Å². The van der Waals surface area contributed by atoms with E-state index < -0.39 is 0 Å². The number of hydrogen-bond donors (Lipinski definition) is 1. The van der Waals surface area contributed by atoms with Crippen LogP contribution >= 0.6 is 34.4 Å². The van der Waals surface area contributed by atoms with Gasteiger partial charge in [-0.25, -0.2) is 0 Å². The fraction of sp³-hybridized carbons (Fsp3) is 0.0952. The molecule has 138 valence electrons. The van der Waals surface area contributed by atoms with Gasteiger partial charge in [0, 0.05) is 9.77 Å². The monoisotopic (exact) mass is 421 g/mol. The van der Waals surface area contributed by atoms with E-state index in [1.807, 2.05) is 30.3 Å². The van der Waals surface area contributed by atoms with E-state index in [0.29, 0.717) is 0 Å². The van der Waals surface area contributed by atoms with Crippen LogP contribution in [0.15, 0.2) is 69.3 Å². The second-order valence-electron chi connectivity index (χ2n) is 6.38. The number of aromatic nitrogens is 2. The number of carbonyl (C=O) groups is 1. The number of nitrogens with zero attached hydrogens (tertiary/aromatic N) is 2. The van der Waals surface area contributed by atoms with E-state index in [1.165, 1.54) is 44.7 Å². The van der Waals surface area contributed by atoms with Gasteiger partial charge in [0.2, 0.25) is 0 Å². The number of amides is 1. The molecular formula is C21H15N3OS3. The van der Waals surface area contributed by atoms with Crippen molar-refractivity contribution in [3.63, 3.8) is 0 Å². The third-order valence-electron chi connectivity index (χ3n) is 4.63. The zero-order valence-electron chi connectivity index (χ0n) is 14.7. The fourth-order valence-electron chi connectivity index (χ4n) is 3.33. The van der Waals surface area contributed by atoms with Gasteiger partial charge in [-0.2, -0.15) is 0 Å². The maximum absolute atomic E-state index is 13.0. The highest BCUT2D eigenvalue weighted by Crippen LogP contribution is 2.40. The highest BCUT2D eigenvalue weighted by Gasteiger charge is 2.21. The molecule has 0 bridgehead atoms. The summed E-state index contributed by atoms with van der Waals surface area (Å²) >= 11 is 4.57. The summed E-state index contributed by atoms with van der Waals surface area (Å²) in [6.07, 6.45) is 2.02. The molecule has 0 spiro atoms. The lowest BCUT2D eigenvalue weighted by molar-refractivity contribution is 0.103. The first-order valence-corrected chi connectivity index (χ1v) is 11.3. The van der Waals surface area contributed by atoms with Crippen molar-refractivity contribution in [1.29, 1.82) is 0 Å². The quantitative estimate of drug-likeness (QED) is 0.455. The van der Waals surface area contributed by atoms with Crippen molar-refractivity contribution < 1.29 is 4.79 Å². The Labute approximate surface area is 174 Å². The SMILES string of the molecule is O=C(Nc1ccccc1Sc1nncs1)c1cc2c(s1)-c1ccccc1CC2. The molecule has 1 aliphatic rings. The van der Waals surface area contributed by atoms with Gasteiger partial charge in [-0.05, 0) is 47.7 Å². The smallest absolute Gasteiger partial charge is 0.265 e. The van der Waals surface area contributed by atoms with Crippen molar-refractivity contribution >= 4 is 46.0 Å². The van der Waals surface area contributed by atoms with Gasteiger partial charge in [0.25, 0.3) is 5.91 Å². The van der Waals surface area contributed by atoms with Crippen LogP contribution in [0.1, 0.15) is 20.8 Å². The van der Waals surface area contributed by atoms with Crippen LogP contribution in [-0.4, -0.2) is 16.1 Å².